The summed E-state index contributed by atoms with van der Waals surface area (Å²) in [6.07, 6.45) is 0.250. The number of carboxylic acid groups (broad SMARTS) is 1. The van der Waals surface area contributed by atoms with Crippen LogP contribution in [0.5, 0.6) is 0 Å². The fourth-order valence-corrected chi connectivity index (χ4v) is 1.91. The van der Waals surface area contributed by atoms with Crippen LogP contribution in [0.3, 0.4) is 0 Å². The van der Waals surface area contributed by atoms with Gasteiger partial charge < -0.3 is 15.2 Å². The zero-order valence-electron chi connectivity index (χ0n) is 10.8. The summed E-state index contributed by atoms with van der Waals surface area (Å²) in [6.45, 7) is 4.17. The standard InChI is InChI=1S/C14H16N2O3/c1-8(2)9-3-5-10(6-4-9)13(17)11-12(14(18)19)16-7-15-11/h3-8,13,17H,1-2H3,(H,15,16)(H,18,19). The molecule has 0 radical (unpaired) electrons. The molecule has 5 nitrogen and oxygen atoms in total. The first-order valence-electron chi connectivity index (χ1n) is 6.05. The monoisotopic (exact) mass is 260 g/mol. The Kier molecular flexibility index (Phi) is 3.66. The molecule has 0 saturated carbocycles. The van der Waals surface area contributed by atoms with E-state index in [1.54, 1.807) is 12.1 Å². The third kappa shape index (κ3) is 2.66. The summed E-state index contributed by atoms with van der Waals surface area (Å²) >= 11 is 0. The molecule has 2 aromatic rings. The number of hydrogen-bond acceptors (Lipinski definition) is 3. The fraction of sp³-hybridized carbons (Fsp3) is 0.286. The van der Waals surface area contributed by atoms with Crippen LogP contribution in [0, 0.1) is 0 Å². The van der Waals surface area contributed by atoms with Gasteiger partial charge in [0.2, 0.25) is 0 Å². The van der Waals surface area contributed by atoms with Crippen LogP contribution in [0.4, 0.5) is 0 Å². The molecule has 3 N–H and O–H groups in total. The molecule has 0 aliphatic rings. The summed E-state index contributed by atoms with van der Waals surface area (Å²) in [4.78, 5) is 17.3. The Labute approximate surface area is 110 Å². The first-order chi connectivity index (χ1) is 9.00. The summed E-state index contributed by atoms with van der Waals surface area (Å²) in [6, 6.07) is 7.46. The van der Waals surface area contributed by atoms with E-state index in [2.05, 4.69) is 23.8 Å². The van der Waals surface area contributed by atoms with Gasteiger partial charge >= 0.3 is 5.97 Å². The normalized spacial score (nSPS) is 12.6. The van der Waals surface area contributed by atoms with Gasteiger partial charge in [-0.1, -0.05) is 38.1 Å². The van der Waals surface area contributed by atoms with Crippen molar-refractivity contribution in [1.82, 2.24) is 9.97 Å². The second-order valence-corrected chi connectivity index (χ2v) is 4.69. The van der Waals surface area contributed by atoms with Crippen molar-refractivity contribution in [3.8, 4) is 0 Å². The maximum Gasteiger partial charge on any atom is 0.356 e. The summed E-state index contributed by atoms with van der Waals surface area (Å²) in [5.41, 5.74) is 1.85. The second kappa shape index (κ2) is 5.24. The van der Waals surface area contributed by atoms with Gasteiger partial charge in [-0.2, -0.15) is 0 Å². The lowest BCUT2D eigenvalue weighted by molar-refractivity contribution is 0.0685. The zero-order valence-corrected chi connectivity index (χ0v) is 10.8. The van der Waals surface area contributed by atoms with Gasteiger partial charge in [0, 0.05) is 0 Å². The highest BCUT2D eigenvalue weighted by Gasteiger charge is 2.21. The third-order valence-electron chi connectivity index (χ3n) is 3.06. The molecule has 0 aliphatic heterocycles. The Bertz CT molecular complexity index is 573. The van der Waals surface area contributed by atoms with Gasteiger partial charge in [-0.05, 0) is 17.0 Å². The number of aromatic carboxylic acids is 1. The molecule has 2 rings (SSSR count). The number of H-pyrrole nitrogens is 1. The lowest BCUT2D eigenvalue weighted by Crippen LogP contribution is -2.08. The minimum Gasteiger partial charge on any atom is -0.476 e. The summed E-state index contributed by atoms with van der Waals surface area (Å²) in [7, 11) is 0. The Morgan fingerprint density at radius 3 is 2.32 bits per heavy atom. The molecule has 1 unspecified atom stereocenters. The Morgan fingerprint density at radius 1 is 1.21 bits per heavy atom. The van der Waals surface area contributed by atoms with Crippen molar-refractivity contribution < 1.29 is 15.0 Å². The SMILES string of the molecule is CC(C)c1ccc(C(O)c2[nH]cnc2C(=O)O)cc1. The van der Waals surface area contributed by atoms with Crippen molar-refractivity contribution in [2.75, 3.05) is 0 Å². The average molecular weight is 260 g/mol. The topological polar surface area (TPSA) is 86.2 Å². The maximum absolute atomic E-state index is 11.0. The molecular formula is C14H16N2O3. The molecule has 1 atom stereocenters. The van der Waals surface area contributed by atoms with Crippen LogP contribution in [-0.4, -0.2) is 26.2 Å². The number of carbonyl (C=O) groups is 1. The number of aliphatic hydroxyl groups excluding tert-OH is 1. The number of hydrogen-bond donors (Lipinski definition) is 3. The van der Waals surface area contributed by atoms with Crippen LogP contribution in [0.2, 0.25) is 0 Å². The molecule has 0 bridgehead atoms. The molecule has 0 fully saturated rings. The summed E-state index contributed by atoms with van der Waals surface area (Å²) < 4.78 is 0. The van der Waals surface area contributed by atoms with Crippen LogP contribution < -0.4 is 0 Å². The van der Waals surface area contributed by atoms with E-state index in [-0.39, 0.29) is 11.4 Å². The van der Waals surface area contributed by atoms with Crippen molar-refractivity contribution in [3.05, 3.63) is 53.1 Å². The molecular weight excluding hydrogens is 244 g/mol. The van der Waals surface area contributed by atoms with Gasteiger partial charge in [0.25, 0.3) is 0 Å². The number of imidazole rings is 1. The van der Waals surface area contributed by atoms with Gasteiger partial charge in [-0.15, -0.1) is 0 Å². The Balaban J connectivity index is 2.30. The highest BCUT2D eigenvalue weighted by molar-refractivity contribution is 5.86. The van der Waals surface area contributed by atoms with E-state index in [0.717, 1.165) is 0 Å². The lowest BCUT2D eigenvalue weighted by atomic mass is 9.98. The number of aromatic amines is 1. The number of rotatable bonds is 4. The van der Waals surface area contributed by atoms with Crippen LogP contribution in [-0.2, 0) is 0 Å². The largest absolute Gasteiger partial charge is 0.476 e. The van der Waals surface area contributed by atoms with Gasteiger partial charge in [-0.25, -0.2) is 9.78 Å². The van der Waals surface area contributed by atoms with Crippen molar-refractivity contribution in [3.63, 3.8) is 0 Å². The molecule has 5 heteroatoms. The number of carboxylic acids is 1. The van der Waals surface area contributed by atoms with Gasteiger partial charge in [-0.3, -0.25) is 0 Å². The molecule has 1 aromatic carbocycles. The molecule has 100 valence electrons. The summed E-state index contributed by atoms with van der Waals surface area (Å²) in [5.74, 6) is -0.748. The fourth-order valence-electron chi connectivity index (χ4n) is 1.91. The van der Waals surface area contributed by atoms with E-state index in [4.69, 9.17) is 5.11 Å². The van der Waals surface area contributed by atoms with Crippen molar-refractivity contribution in [2.45, 2.75) is 25.9 Å². The smallest absolute Gasteiger partial charge is 0.356 e. The minimum atomic E-state index is -1.16. The maximum atomic E-state index is 11.0. The van der Waals surface area contributed by atoms with Crippen molar-refractivity contribution in [1.29, 1.82) is 0 Å². The highest BCUT2D eigenvalue weighted by atomic mass is 16.4. The Hall–Kier alpha value is -2.14. The van der Waals surface area contributed by atoms with E-state index in [0.29, 0.717) is 11.5 Å². The van der Waals surface area contributed by atoms with Gasteiger partial charge in [0.05, 0.1) is 12.0 Å². The molecule has 1 heterocycles. The van der Waals surface area contributed by atoms with Gasteiger partial charge in [0.1, 0.15) is 6.10 Å². The van der Waals surface area contributed by atoms with E-state index < -0.39 is 12.1 Å². The van der Waals surface area contributed by atoms with E-state index in [1.807, 2.05) is 12.1 Å². The summed E-state index contributed by atoms with van der Waals surface area (Å²) in [5, 5.41) is 19.2. The quantitative estimate of drug-likeness (QED) is 0.787. The number of benzene rings is 1. The number of nitrogens with zero attached hydrogens (tertiary/aromatic N) is 1. The lowest BCUT2D eigenvalue weighted by Gasteiger charge is -2.12. The highest BCUT2D eigenvalue weighted by Crippen LogP contribution is 2.24. The predicted molar refractivity (Wildman–Crippen MR) is 70.1 cm³/mol. The first kappa shape index (κ1) is 13.3. The number of aliphatic hydroxyl groups is 1. The molecule has 1 aromatic heterocycles. The van der Waals surface area contributed by atoms with Crippen molar-refractivity contribution >= 4 is 5.97 Å². The van der Waals surface area contributed by atoms with E-state index in [1.165, 1.54) is 11.9 Å². The van der Waals surface area contributed by atoms with Gasteiger partial charge in [0.15, 0.2) is 5.69 Å². The molecule has 19 heavy (non-hydrogen) atoms. The third-order valence-corrected chi connectivity index (χ3v) is 3.06. The molecule has 0 aliphatic carbocycles. The number of aromatic nitrogens is 2. The number of nitrogens with one attached hydrogen (secondary N) is 1. The zero-order chi connectivity index (χ0) is 14.0. The first-order valence-corrected chi connectivity index (χ1v) is 6.05. The van der Waals surface area contributed by atoms with E-state index in [9.17, 15) is 9.90 Å². The average Bonchev–Trinajstić information content (AvgIpc) is 2.87. The van der Waals surface area contributed by atoms with Crippen molar-refractivity contribution in [2.24, 2.45) is 0 Å². The predicted octanol–water partition coefficient (Wildman–Crippen LogP) is 2.31. The minimum absolute atomic E-state index is 0.152. The van der Waals surface area contributed by atoms with Crippen LogP contribution in [0.25, 0.3) is 0 Å². The van der Waals surface area contributed by atoms with Crippen LogP contribution in [0.1, 0.15) is 53.2 Å². The molecule has 0 spiro atoms. The Morgan fingerprint density at radius 2 is 1.79 bits per heavy atom. The van der Waals surface area contributed by atoms with Crippen LogP contribution >= 0.6 is 0 Å². The molecule has 0 amide bonds. The molecule has 0 saturated heterocycles. The van der Waals surface area contributed by atoms with E-state index >= 15 is 0 Å². The van der Waals surface area contributed by atoms with Crippen LogP contribution in [0.15, 0.2) is 30.6 Å². The second-order valence-electron chi connectivity index (χ2n) is 4.69.